The molecule has 0 fully saturated rings. The molecule has 0 aromatic rings. The van der Waals surface area contributed by atoms with E-state index in [0.717, 1.165) is 12.2 Å². The lowest BCUT2D eigenvalue weighted by Gasteiger charge is -2.35. The summed E-state index contributed by atoms with van der Waals surface area (Å²) in [5.74, 6) is -23.8. The van der Waals surface area contributed by atoms with Gasteiger partial charge in [0.1, 0.15) is 26.4 Å². The number of alkyl halides is 16. The van der Waals surface area contributed by atoms with Crippen molar-refractivity contribution in [2.75, 3.05) is 46.1 Å². The van der Waals surface area contributed by atoms with E-state index in [-0.39, 0.29) is 0 Å². The molecule has 0 saturated heterocycles. The highest BCUT2D eigenvalue weighted by Crippen LogP contribution is 2.55. The van der Waals surface area contributed by atoms with Gasteiger partial charge >= 0.3 is 66.4 Å². The van der Waals surface area contributed by atoms with Crippen LogP contribution in [0.1, 0.15) is 0 Å². The molecule has 308 valence electrons. The van der Waals surface area contributed by atoms with E-state index in [4.69, 9.17) is 0 Å². The highest BCUT2D eigenvalue weighted by Gasteiger charge is 2.84. The van der Waals surface area contributed by atoms with Gasteiger partial charge in [-0.2, -0.15) is 65.9 Å². The molecule has 2 unspecified atom stereocenters. The molecule has 0 aromatic carbocycles. The molecular weight excluding hydrogens is 796 g/mol. The average Bonchev–Trinajstić information content (AvgIpc) is 3.01. The third-order valence-corrected chi connectivity index (χ3v) is 5.15. The van der Waals surface area contributed by atoms with Crippen LogP contribution in [0.3, 0.4) is 0 Å². The third kappa shape index (κ3) is 14.6. The first-order valence-electron chi connectivity index (χ1n) is 13.3. The normalized spacial score (nSPS) is 14.3. The average molecular weight is 820 g/mol. The second-order valence-electron chi connectivity index (χ2n) is 9.22. The first-order valence-corrected chi connectivity index (χ1v) is 13.3. The Morgan fingerprint density at radius 2 is 1.11 bits per heavy atom. The van der Waals surface area contributed by atoms with Crippen LogP contribution in [0.4, 0.5) is 79.8 Å². The summed E-state index contributed by atoms with van der Waals surface area (Å²) < 4.78 is 238. The number of nitrogens with one attached hydrogen (secondary N) is 2. The van der Waals surface area contributed by atoms with Gasteiger partial charge in [-0.3, -0.25) is 4.74 Å². The summed E-state index contributed by atoms with van der Waals surface area (Å²) in [5, 5.41) is 3.85. The largest absolute Gasteiger partial charge is 0.461 e. The smallest absolute Gasteiger partial charge is 0.460 e. The van der Waals surface area contributed by atoms with Crippen molar-refractivity contribution in [1.82, 2.24) is 10.6 Å². The third-order valence-electron chi connectivity index (χ3n) is 5.15. The van der Waals surface area contributed by atoms with E-state index in [2.05, 4.69) is 41.6 Å². The van der Waals surface area contributed by atoms with Crippen LogP contribution in [0, 0.1) is 0 Å². The van der Waals surface area contributed by atoms with E-state index >= 15 is 0 Å². The summed E-state index contributed by atoms with van der Waals surface area (Å²) in [6.07, 6.45) is -38.3. The minimum atomic E-state index is -7.99. The van der Waals surface area contributed by atoms with Crippen LogP contribution < -0.4 is 10.6 Å². The number of esters is 2. The van der Waals surface area contributed by atoms with Crippen molar-refractivity contribution in [3.63, 3.8) is 0 Å². The Hall–Kier alpha value is -4.28. The molecule has 2 amide bonds. The molecule has 0 spiro atoms. The Bertz CT molecular complexity index is 1270. The summed E-state index contributed by atoms with van der Waals surface area (Å²) in [6, 6.07) is 0. The molecule has 0 aliphatic heterocycles. The van der Waals surface area contributed by atoms with Crippen molar-refractivity contribution in [1.29, 1.82) is 0 Å². The Kier molecular flexibility index (Phi) is 17.6. The fourth-order valence-corrected chi connectivity index (χ4v) is 2.59. The second-order valence-corrected chi connectivity index (χ2v) is 9.22. The molecule has 0 aromatic heterocycles. The number of ether oxygens (including phenoxy) is 7. The first kappa shape index (κ1) is 48.7. The van der Waals surface area contributed by atoms with Crippen LogP contribution in [-0.4, -0.2) is 125 Å². The standard InChI is InChI=1S/C24H24F16N2O11/c1-3-13(43)48-7-5-41-16(45)50-10-12(51-17(46)42-6-8-49-14(44)4-2)9-47-11-18(26,27)23(37,38)52-15(25)19(28,29)53-24(39,40)21(32,33)20(30,31)22(34,35)36/h3-4,12,15H,1-2,5-11H2,(H,41,45)(H,42,46). The highest BCUT2D eigenvalue weighted by atomic mass is 19.4. The van der Waals surface area contributed by atoms with Crippen molar-refractivity contribution in [3.05, 3.63) is 25.3 Å². The van der Waals surface area contributed by atoms with Crippen LogP contribution in [-0.2, 0) is 42.7 Å². The molecule has 2 atom stereocenters. The van der Waals surface area contributed by atoms with E-state index in [1.165, 1.54) is 0 Å². The molecule has 0 aliphatic carbocycles. The fraction of sp³-hybridized carbons (Fsp3) is 0.667. The van der Waals surface area contributed by atoms with Crippen LogP contribution >= 0.6 is 0 Å². The fourth-order valence-electron chi connectivity index (χ4n) is 2.59. The zero-order chi connectivity index (χ0) is 41.7. The Morgan fingerprint density at radius 1 is 0.642 bits per heavy atom. The van der Waals surface area contributed by atoms with Crippen molar-refractivity contribution in [3.8, 4) is 0 Å². The lowest BCUT2D eigenvalue weighted by molar-refractivity contribution is -0.509. The van der Waals surface area contributed by atoms with Gasteiger partial charge < -0.3 is 34.3 Å². The lowest BCUT2D eigenvalue weighted by Crippen LogP contribution is -2.63. The molecule has 29 heteroatoms. The van der Waals surface area contributed by atoms with Crippen LogP contribution in [0.5, 0.6) is 0 Å². The van der Waals surface area contributed by atoms with Gasteiger partial charge in [-0.15, -0.1) is 0 Å². The Balaban J connectivity index is 5.62. The maximum atomic E-state index is 14.1. The monoisotopic (exact) mass is 820 g/mol. The quantitative estimate of drug-likeness (QED) is 0.0478. The molecular formula is C24H24F16N2O11. The number of halogens is 16. The van der Waals surface area contributed by atoms with Gasteiger partial charge in [0.25, 0.3) is 6.36 Å². The van der Waals surface area contributed by atoms with Crippen LogP contribution in [0.2, 0.25) is 0 Å². The van der Waals surface area contributed by atoms with Crippen molar-refractivity contribution in [2.45, 2.75) is 54.7 Å². The molecule has 0 bridgehead atoms. The molecule has 0 saturated carbocycles. The molecule has 53 heavy (non-hydrogen) atoms. The summed E-state index contributed by atoms with van der Waals surface area (Å²) in [4.78, 5) is 45.6. The minimum Gasteiger partial charge on any atom is -0.461 e. The number of carbonyl (C=O) groups is 4. The highest BCUT2D eigenvalue weighted by molar-refractivity contribution is 5.81. The van der Waals surface area contributed by atoms with Gasteiger partial charge in [-0.1, -0.05) is 13.2 Å². The predicted octanol–water partition coefficient (Wildman–Crippen LogP) is 4.86. The van der Waals surface area contributed by atoms with Crippen molar-refractivity contribution in [2.24, 2.45) is 0 Å². The van der Waals surface area contributed by atoms with Crippen LogP contribution in [0.15, 0.2) is 25.3 Å². The van der Waals surface area contributed by atoms with Gasteiger partial charge in [-0.05, 0) is 0 Å². The minimum absolute atomic E-state index is 0.425. The molecule has 0 rings (SSSR count). The molecule has 0 heterocycles. The number of carbonyl (C=O) groups excluding carboxylic acids is 4. The maximum absolute atomic E-state index is 14.1. The van der Waals surface area contributed by atoms with Gasteiger partial charge in [0.2, 0.25) is 0 Å². The topological polar surface area (TPSA) is 157 Å². The molecule has 0 radical (unpaired) electrons. The Labute approximate surface area is 284 Å². The molecule has 0 aliphatic rings. The number of rotatable bonds is 23. The summed E-state index contributed by atoms with van der Waals surface area (Å²) in [6.45, 7) is -1.25. The number of hydrogen-bond acceptors (Lipinski definition) is 11. The first-order chi connectivity index (χ1) is 23.9. The zero-order valence-corrected chi connectivity index (χ0v) is 25.7. The van der Waals surface area contributed by atoms with Crippen molar-refractivity contribution >= 4 is 24.1 Å². The second kappa shape index (κ2) is 19.2. The lowest BCUT2D eigenvalue weighted by atomic mass is 10.1. The van der Waals surface area contributed by atoms with Gasteiger partial charge in [0.05, 0.1) is 19.7 Å². The van der Waals surface area contributed by atoms with E-state index in [1.807, 2.05) is 10.6 Å². The van der Waals surface area contributed by atoms with Gasteiger partial charge in [0.15, 0.2) is 6.10 Å². The van der Waals surface area contributed by atoms with Gasteiger partial charge in [0, 0.05) is 12.2 Å². The summed E-state index contributed by atoms with van der Waals surface area (Å²) >= 11 is 0. The summed E-state index contributed by atoms with van der Waals surface area (Å²) in [7, 11) is 0. The molecule has 2 N–H and O–H groups in total. The van der Waals surface area contributed by atoms with E-state index in [1.54, 1.807) is 4.74 Å². The number of amides is 2. The summed E-state index contributed by atoms with van der Waals surface area (Å²) in [5.41, 5.74) is 0. The molecule has 13 nitrogen and oxygen atoms in total. The van der Waals surface area contributed by atoms with Crippen LogP contribution in [0.25, 0.3) is 0 Å². The van der Waals surface area contributed by atoms with E-state index < -0.39 is 125 Å². The van der Waals surface area contributed by atoms with Crippen molar-refractivity contribution < 1.29 is 123 Å². The van der Waals surface area contributed by atoms with E-state index in [9.17, 15) is 89.4 Å². The van der Waals surface area contributed by atoms with E-state index in [0.29, 0.717) is 0 Å². The predicted molar refractivity (Wildman–Crippen MR) is 134 cm³/mol. The zero-order valence-electron chi connectivity index (χ0n) is 25.7. The number of hydrogen-bond donors (Lipinski definition) is 2. The maximum Gasteiger partial charge on any atom is 0.460 e. The van der Waals surface area contributed by atoms with Gasteiger partial charge in [-0.25, -0.2) is 28.3 Å². The number of alkyl carbamates (subject to hydrolysis) is 2. The Morgan fingerprint density at radius 3 is 1.57 bits per heavy atom. The SMILES string of the molecule is C=CC(=O)OCCNC(=O)OCC(COCC(F)(F)C(F)(F)OC(F)C(F)(F)OC(F)(F)C(F)(F)C(F)(F)C(F)(F)F)OC(=O)NCCOC(=O)C=C.